The lowest BCUT2D eigenvalue weighted by molar-refractivity contribution is 0.130. The molecule has 2 rings (SSSR count). The van der Waals surface area contributed by atoms with Crippen LogP contribution in [0.5, 0.6) is 0 Å². The molecule has 0 bridgehead atoms. The van der Waals surface area contributed by atoms with E-state index in [0.29, 0.717) is 6.04 Å². The summed E-state index contributed by atoms with van der Waals surface area (Å²) in [5.74, 6) is 0. The number of aliphatic hydroxyl groups excluding tert-OH is 1. The van der Waals surface area contributed by atoms with Crippen molar-refractivity contribution in [2.45, 2.75) is 44.9 Å². The second kappa shape index (κ2) is 5.98. The van der Waals surface area contributed by atoms with Crippen LogP contribution in [0.2, 0.25) is 0 Å². The number of benzene rings is 1. The third kappa shape index (κ3) is 3.54. The summed E-state index contributed by atoms with van der Waals surface area (Å²) >= 11 is 3.60. The van der Waals surface area contributed by atoms with Crippen molar-refractivity contribution in [3.8, 4) is 0 Å². The number of aliphatic hydroxyl groups is 1. The summed E-state index contributed by atoms with van der Waals surface area (Å²) < 4.78 is 1.18. The van der Waals surface area contributed by atoms with E-state index in [4.69, 9.17) is 0 Å². The van der Waals surface area contributed by atoms with Crippen molar-refractivity contribution in [3.63, 3.8) is 0 Å². The van der Waals surface area contributed by atoms with Gasteiger partial charge in [0.05, 0.1) is 6.10 Å². The maximum absolute atomic E-state index is 9.52. The summed E-state index contributed by atoms with van der Waals surface area (Å²) in [4.78, 5) is 2.49. The standard InChI is InChI=1S/C14H20BrNO/c1-11(17)9-13-6-4-8-16(13)10-12-5-2-3-7-14(12)15/h2-3,5,7,11,13,17H,4,6,8-10H2,1H3. The maximum Gasteiger partial charge on any atom is 0.0527 e. The monoisotopic (exact) mass is 297 g/mol. The average molecular weight is 298 g/mol. The molecule has 0 spiro atoms. The van der Waals surface area contributed by atoms with Gasteiger partial charge in [-0.2, -0.15) is 0 Å². The quantitative estimate of drug-likeness (QED) is 0.923. The van der Waals surface area contributed by atoms with Gasteiger partial charge in [0.25, 0.3) is 0 Å². The highest BCUT2D eigenvalue weighted by molar-refractivity contribution is 9.10. The molecule has 1 N–H and O–H groups in total. The normalized spacial score (nSPS) is 22.9. The lowest BCUT2D eigenvalue weighted by atomic mass is 10.1. The topological polar surface area (TPSA) is 23.5 Å². The van der Waals surface area contributed by atoms with Crippen LogP contribution in [0.4, 0.5) is 0 Å². The van der Waals surface area contributed by atoms with Crippen molar-refractivity contribution in [1.82, 2.24) is 4.90 Å². The number of rotatable bonds is 4. The molecule has 1 aliphatic rings. The maximum atomic E-state index is 9.52. The molecule has 1 aliphatic heterocycles. The van der Waals surface area contributed by atoms with Crippen molar-refractivity contribution >= 4 is 15.9 Å². The summed E-state index contributed by atoms with van der Waals surface area (Å²) in [5, 5.41) is 9.52. The second-order valence-electron chi connectivity index (χ2n) is 4.94. The van der Waals surface area contributed by atoms with Gasteiger partial charge >= 0.3 is 0 Å². The molecule has 0 aliphatic carbocycles. The third-order valence-corrected chi connectivity index (χ3v) is 4.22. The molecule has 1 saturated heterocycles. The minimum Gasteiger partial charge on any atom is -0.393 e. The Balaban J connectivity index is 2.00. The molecule has 0 amide bonds. The van der Waals surface area contributed by atoms with Crippen LogP contribution in [0.15, 0.2) is 28.7 Å². The van der Waals surface area contributed by atoms with Gasteiger partial charge in [0.2, 0.25) is 0 Å². The van der Waals surface area contributed by atoms with E-state index in [-0.39, 0.29) is 6.10 Å². The summed E-state index contributed by atoms with van der Waals surface area (Å²) in [6.45, 7) is 4.02. The number of hydrogen-bond donors (Lipinski definition) is 1. The van der Waals surface area contributed by atoms with Gasteiger partial charge in [-0.1, -0.05) is 34.1 Å². The zero-order valence-electron chi connectivity index (χ0n) is 10.3. The molecule has 0 saturated carbocycles. The molecule has 17 heavy (non-hydrogen) atoms. The predicted octanol–water partition coefficient (Wildman–Crippen LogP) is 3.18. The van der Waals surface area contributed by atoms with Gasteiger partial charge in [0, 0.05) is 17.1 Å². The van der Waals surface area contributed by atoms with Crippen LogP contribution in [0.25, 0.3) is 0 Å². The largest absolute Gasteiger partial charge is 0.393 e. The first-order chi connectivity index (χ1) is 8.16. The van der Waals surface area contributed by atoms with Crippen molar-refractivity contribution in [3.05, 3.63) is 34.3 Å². The molecule has 94 valence electrons. The van der Waals surface area contributed by atoms with Gasteiger partial charge in [-0.05, 0) is 44.4 Å². The number of hydrogen-bond acceptors (Lipinski definition) is 2. The first-order valence-corrected chi connectivity index (χ1v) is 7.11. The lowest BCUT2D eigenvalue weighted by Gasteiger charge is -2.25. The molecular formula is C14H20BrNO. The number of halogens is 1. The fourth-order valence-electron chi connectivity index (χ4n) is 2.61. The minimum absolute atomic E-state index is 0.195. The Morgan fingerprint density at radius 3 is 2.94 bits per heavy atom. The molecule has 2 atom stereocenters. The summed E-state index contributed by atoms with van der Waals surface area (Å²) in [6, 6.07) is 8.93. The van der Waals surface area contributed by atoms with Crippen LogP contribution in [0.3, 0.4) is 0 Å². The second-order valence-corrected chi connectivity index (χ2v) is 5.80. The SMILES string of the molecule is CC(O)CC1CCCN1Cc1ccccc1Br. The van der Waals surface area contributed by atoms with Gasteiger partial charge in [-0.15, -0.1) is 0 Å². The Morgan fingerprint density at radius 1 is 1.47 bits per heavy atom. The highest BCUT2D eigenvalue weighted by atomic mass is 79.9. The van der Waals surface area contributed by atoms with Crippen LogP contribution in [0.1, 0.15) is 31.7 Å². The van der Waals surface area contributed by atoms with E-state index >= 15 is 0 Å². The Bertz CT molecular complexity index is 367. The smallest absolute Gasteiger partial charge is 0.0527 e. The van der Waals surface area contributed by atoms with Crippen molar-refractivity contribution < 1.29 is 5.11 Å². The van der Waals surface area contributed by atoms with Crippen LogP contribution in [-0.2, 0) is 6.54 Å². The van der Waals surface area contributed by atoms with Crippen LogP contribution < -0.4 is 0 Å². The summed E-state index contributed by atoms with van der Waals surface area (Å²) in [5.41, 5.74) is 1.34. The van der Waals surface area contributed by atoms with Gasteiger partial charge in [0.1, 0.15) is 0 Å². The first-order valence-electron chi connectivity index (χ1n) is 6.32. The zero-order valence-corrected chi connectivity index (χ0v) is 11.9. The number of nitrogens with zero attached hydrogens (tertiary/aromatic N) is 1. The van der Waals surface area contributed by atoms with Gasteiger partial charge in [-0.3, -0.25) is 4.90 Å². The van der Waals surface area contributed by atoms with E-state index in [0.717, 1.165) is 19.5 Å². The fraction of sp³-hybridized carbons (Fsp3) is 0.571. The Labute approximate surface area is 112 Å². The third-order valence-electron chi connectivity index (χ3n) is 3.44. The van der Waals surface area contributed by atoms with Crippen LogP contribution in [0, 0.1) is 0 Å². The average Bonchev–Trinajstić information content (AvgIpc) is 2.68. The molecule has 1 fully saturated rings. The highest BCUT2D eigenvalue weighted by Crippen LogP contribution is 2.26. The Hall–Kier alpha value is -0.380. The van der Waals surface area contributed by atoms with Crippen molar-refractivity contribution in [1.29, 1.82) is 0 Å². The zero-order chi connectivity index (χ0) is 12.3. The molecule has 1 heterocycles. The van der Waals surface area contributed by atoms with Crippen LogP contribution >= 0.6 is 15.9 Å². The minimum atomic E-state index is -0.195. The van der Waals surface area contributed by atoms with Gasteiger partial charge in [-0.25, -0.2) is 0 Å². The molecule has 1 aromatic carbocycles. The van der Waals surface area contributed by atoms with Crippen LogP contribution in [-0.4, -0.2) is 28.7 Å². The predicted molar refractivity (Wildman–Crippen MR) is 73.9 cm³/mol. The van der Waals surface area contributed by atoms with Crippen molar-refractivity contribution in [2.75, 3.05) is 6.54 Å². The van der Waals surface area contributed by atoms with E-state index in [9.17, 15) is 5.11 Å². The summed E-state index contributed by atoms with van der Waals surface area (Å²) in [6.07, 6.45) is 3.17. The Kier molecular flexibility index (Phi) is 4.60. The van der Waals surface area contributed by atoms with E-state index in [1.165, 1.54) is 22.9 Å². The van der Waals surface area contributed by atoms with Gasteiger partial charge < -0.3 is 5.11 Å². The van der Waals surface area contributed by atoms with E-state index < -0.39 is 0 Å². The van der Waals surface area contributed by atoms with E-state index in [1.54, 1.807) is 0 Å². The van der Waals surface area contributed by atoms with Gasteiger partial charge in [0.15, 0.2) is 0 Å². The summed E-state index contributed by atoms with van der Waals surface area (Å²) in [7, 11) is 0. The molecule has 3 heteroatoms. The molecular weight excluding hydrogens is 278 g/mol. The lowest BCUT2D eigenvalue weighted by Crippen LogP contribution is -2.31. The fourth-order valence-corrected chi connectivity index (χ4v) is 3.02. The molecule has 2 nitrogen and oxygen atoms in total. The number of likely N-dealkylation sites (tertiary alicyclic amines) is 1. The van der Waals surface area contributed by atoms with Crippen molar-refractivity contribution in [2.24, 2.45) is 0 Å². The molecule has 0 aromatic heterocycles. The molecule has 0 radical (unpaired) electrons. The molecule has 2 unspecified atom stereocenters. The molecule has 1 aromatic rings. The first kappa shape index (κ1) is 13.1. The highest BCUT2D eigenvalue weighted by Gasteiger charge is 2.25. The Morgan fingerprint density at radius 2 is 2.24 bits per heavy atom. The van der Waals surface area contributed by atoms with E-state index in [1.807, 2.05) is 13.0 Å². The van der Waals surface area contributed by atoms with E-state index in [2.05, 4.69) is 39.0 Å².